The van der Waals surface area contributed by atoms with Crippen LogP contribution in [0.3, 0.4) is 0 Å². The summed E-state index contributed by atoms with van der Waals surface area (Å²) in [4.78, 5) is 0. The third-order valence-electron chi connectivity index (χ3n) is 2.26. The van der Waals surface area contributed by atoms with Crippen molar-refractivity contribution >= 4 is 10.8 Å². The van der Waals surface area contributed by atoms with Gasteiger partial charge in [0.15, 0.2) is 0 Å². The van der Waals surface area contributed by atoms with Gasteiger partial charge in [0.05, 0.1) is 0 Å². The van der Waals surface area contributed by atoms with Gasteiger partial charge in [-0.3, -0.25) is 0 Å². The van der Waals surface area contributed by atoms with Crippen LogP contribution in [0, 0.1) is 0 Å². The van der Waals surface area contributed by atoms with Crippen molar-refractivity contribution in [1.29, 1.82) is 0 Å². The molecule has 0 fully saturated rings. The molecule has 0 aliphatic carbocycles. The minimum absolute atomic E-state index is 0. The lowest BCUT2D eigenvalue weighted by molar-refractivity contribution is 1.16. The zero-order valence-corrected chi connectivity index (χ0v) is 7.25. The monoisotopic (exact) mass is 188 g/mol. The average Bonchev–Trinajstić information content (AvgIpc) is 2.17. The van der Waals surface area contributed by atoms with E-state index in [2.05, 4.69) is 49.4 Å². The lowest BCUT2D eigenvalue weighted by Crippen LogP contribution is -1.81. The Labute approximate surface area is 87.6 Å². The van der Waals surface area contributed by atoms with E-state index in [-0.39, 0.29) is 14.9 Å². The highest BCUT2D eigenvalue weighted by Crippen LogP contribution is 2.18. The Morgan fingerprint density at radius 1 is 0.857 bits per heavy atom. The van der Waals surface area contributed by atoms with E-state index in [0.717, 1.165) is 6.42 Å². The molecule has 0 nitrogen and oxygen atoms in total. The summed E-state index contributed by atoms with van der Waals surface area (Å²) in [6, 6.07) is 15.0. The van der Waals surface area contributed by atoms with Crippen molar-refractivity contribution in [3.05, 3.63) is 48.0 Å². The standard InChI is InChI=1S/C12H12.2CH4/c1-2-10-7-5-8-11-6-3-4-9-12(10)11;;/h3-9H,2H2,1H3;2*1H4. The second-order valence-electron chi connectivity index (χ2n) is 2.99. The van der Waals surface area contributed by atoms with Crippen molar-refractivity contribution in [3.63, 3.8) is 0 Å². The maximum Gasteiger partial charge on any atom is -0.0152 e. The first-order chi connectivity index (χ1) is 5.92. The summed E-state index contributed by atoms with van der Waals surface area (Å²) in [6.07, 6.45) is 1.11. The predicted molar refractivity (Wildman–Crippen MR) is 66.8 cm³/mol. The summed E-state index contributed by atoms with van der Waals surface area (Å²) in [5.74, 6) is 0. The molecule has 0 atom stereocenters. The molecule has 2 rings (SSSR count). The molecule has 0 unspecified atom stereocenters. The average molecular weight is 188 g/mol. The fourth-order valence-corrected chi connectivity index (χ4v) is 1.60. The Balaban J connectivity index is 0.000000845. The summed E-state index contributed by atoms with van der Waals surface area (Å²) in [7, 11) is 0. The first-order valence-corrected chi connectivity index (χ1v) is 4.38. The van der Waals surface area contributed by atoms with Crippen LogP contribution in [0.4, 0.5) is 0 Å². The molecule has 0 spiro atoms. The Bertz CT molecular complexity index is 383. The quantitative estimate of drug-likeness (QED) is 0.610. The van der Waals surface area contributed by atoms with Crippen LogP contribution in [0.15, 0.2) is 42.5 Å². The van der Waals surface area contributed by atoms with Gasteiger partial charge in [-0.2, -0.15) is 0 Å². The Morgan fingerprint density at radius 3 is 2.21 bits per heavy atom. The van der Waals surface area contributed by atoms with E-state index in [1.807, 2.05) is 0 Å². The largest absolute Gasteiger partial charge is 0.0776 e. The molecular formula is C14H20. The molecule has 0 aliphatic rings. The predicted octanol–water partition coefficient (Wildman–Crippen LogP) is 4.67. The van der Waals surface area contributed by atoms with Crippen LogP contribution in [0.2, 0.25) is 0 Å². The van der Waals surface area contributed by atoms with Crippen LogP contribution in [-0.2, 0) is 6.42 Å². The zero-order valence-electron chi connectivity index (χ0n) is 7.25. The second-order valence-corrected chi connectivity index (χ2v) is 2.99. The molecular weight excluding hydrogens is 168 g/mol. The molecule has 0 heteroatoms. The maximum atomic E-state index is 2.20. The molecule has 0 saturated heterocycles. The molecule has 0 amide bonds. The highest BCUT2D eigenvalue weighted by molar-refractivity contribution is 5.85. The van der Waals surface area contributed by atoms with Crippen LogP contribution in [0.5, 0.6) is 0 Å². The molecule has 0 radical (unpaired) electrons. The summed E-state index contributed by atoms with van der Waals surface area (Å²) in [6.45, 7) is 2.20. The van der Waals surface area contributed by atoms with E-state index in [9.17, 15) is 0 Å². The third kappa shape index (κ3) is 2.14. The maximum absolute atomic E-state index is 2.20. The van der Waals surface area contributed by atoms with E-state index in [0.29, 0.717) is 0 Å². The molecule has 0 aromatic heterocycles. The smallest absolute Gasteiger partial charge is 0.0152 e. The van der Waals surface area contributed by atoms with Crippen molar-refractivity contribution < 1.29 is 0 Å². The van der Waals surface area contributed by atoms with E-state index in [1.165, 1.54) is 16.3 Å². The Kier molecular flexibility index (Phi) is 4.93. The molecule has 0 N–H and O–H groups in total. The number of rotatable bonds is 1. The molecule has 76 valence electrons. The summed E-state index contributed by atoms with van der Waals surface area (Å²) in [5, 5.41) is 2.74. The molecule has 2 aromatic rings. The van der Waals surface area contributed by atoms with Crippen LogP contribution < -0.4 is 0 Å². The van der Waals surface area contributed by atoms with E-state index in [1.54, 1.807) is 0 Å². The van der Waals surface area contributed by atoms with Gasteiger partial charge >= 0.3 is 0 Å². The number of benzene rings is 2. The van der Waals surface area contributed by atoms with E-state index >= 15 is 0 Å². The van der Waals surface area contributed by atoms with Crippen molar-refractivity contribution in [2.24, 2.45) is 0 Å². The van der Waals surface area contributed by atoms with Gasteiger partial charge in [-0.1, -0.05) is 64.2 Å². The van der Waals surface area contributed by atoms with Crippen LogP contribution in [-0.4, -0.2) is 0 Å². The van der Waals surface area contributed by atoms with Crippen molar-refractivity contribution in [2.75, 3.05) is 0 Å². The molecule has 0 saturated carbocycles. The van der Waals surface area contributed by atoms with Crippen molar-refractivity contribution in [1.82, 2.24) is 0 Å². The topological polar surface area (TPSA) is 0 Å². The van der Waals surface area contributed by atoms with Gasteiger partial charge in [0.2, 0.25) is 0 Å². The molecule has 2 aromatic carbocycles. The fraction of sp³-hybridized carbons (Fsp3) is 0.286. The van der Waals surface area contributed by atoms with Crippen LogP contribution >= 0.6 is 0 Å². The van der Waals surface area contributed by atoms with E-state index < -0.39 is 0 Å². The van der Waals surface area contributed by atoms with Gasteiger partial charge in [-0.25, -0.2) is 0 Å². The summed E-state index contributed by atoms with van der Waals surface area (Å²) in [5.41, 5.74) is 1.44. The highest BCUT2D eigenvalue weighted by atomic mass is 14.0. The van der Waals surface area contributed by atoms with Gasteiger partial charge < -0.3 is 0 Å². The van der Waals surface area contributed by atoms with Gasteiger partial charge in [-0.05, 0) is 22.8 Å². The summed E-state index contributed by atoms with van der Waals surface area (Å²) >= 11 is 0. The Hall–Kier alpha value is -1.30. The van der Waals surface area contributed by atoms with Crippen LogP contribution in [0.1, 0.15) is 27.3 Å². The second kappa shape index (κ2) is 5.43. The zero-order chi connectivity index (χ0) is 8.39. The molecule has 0 heterocycles. The number of aryl methyl sites for hydroxylation is 1. The van der Waals surface area contributed by atoms with Gasteiger partial charge in [0, 0.05) is 0 Å². The SMILES string of the molecule is C.C.CCc1cccc2ccccc12. The van der Waals surface area contributed by atoms with Crippen molar-refractivity contribution in [2.45, 2.75) is 28.2 Å². The van der Waals surface area contributed by atoms with Crippen molar-refractivity contribution in [3.8, 4) is 0 Å². The molecule has 0 bridgehead atoms. The highest BCUT2D eigenvalue weighted by Gasteiger charge is 1.95. The minimum atomic E-state index is 0. The van der Waals surface area contributed by atoms with Gasteiger partial charge in [-0.15, -0.1) is 0 Å². The van der Waals surface area contributed by atoms with Gasteiger partial charge in [0.25, 0.3) is 0 Å². The first kappa shape index (κ1) is 12.7. The first-order valence-electron chi connectivity index (χ1n) is 4.38. The lowest BCUT2D eigenvalue weighted by atomic mass is 10.0. The third-order valence-corrected chi connectivity index (χ3v) is 2.26. The fourth-order valence-electron chi connectivity index (χ4n) is 1.60. The van der Waals surface area contributed by atoms with Crippen LogP contribution in [0.25, 0.3) is 10.8 Å². The van der Waals surface area contributed by atoms with E-state index in [4.69, 9.17) is 0 Å². The number of hydrogen-bond donors (Lipinski definition) is 0. The normalized spacial score (nSPS) is 8.93. The number of hydrogen-bond acceptors (Lipinski definition) is 0. The lowest BCUT2D eigenvalue weighted by Gasteiger charge is -2.02. The number of fused-ring (bicyclic) bond motifs is 1. The minimum Gasteiger partial charge on any atom is -0.0776 e. The summed E-state index contributed by atoms with van der Waals surface area (Å²) < 4.78 is 0. The molecule has 0 aliphatic heterocycles. The van der Waals surface area contributed by atoms with Gasteiger partial charge in [0.1, 0.15) is 0 Å². The Morgan fingerprint density at radius 2 is 1.50 bits per heavy atom. The molecule has 14 heavy (non-hydrogen) atoms.